The molecule has 8 heteroatoms. The zero-order valence-electron chi connectivity index (χ0n) is 11.9. The molecule has 0 bridgehead atoms. The predicted molar refractivity (Wildman–Crippen MR) is 74.3 cm³/mol. The van der Waals surface area contributed by atoms with E-state index in [4.69, 9.17) is 5.21 Å². The molecule has 22 heavy (non-hydrogen) atoms. The van der Waals surface area contributed by atoms with Crippen molar-refractivity contribution in [2.24, 2.45) is 0 Å². The van der Waals surface area contributed by atoms with Crippen LogP contribution in [0.4, 0.5) is 14.7 Å². The van der Waals surface area contributed by atoms with Crippen molar-refractivity contribution < 1.29 is 18.8 Å². The van der Waals surface area contributed by atoms with E-state index in [-0.39, 0.29) is 11.5 Å². The van der Waals surface area contributed by atoms with E-state index < -0.39 is 23.1 Å². The second-order valence-corrected chi connectivity index (χ2v) is 5.12. The van der Waals surface area contributed by atoms with Crippen molar-refractivity contribution in [3.8, 4) is 0 Å². The highest BCUT2D eigenvalue weighted by molar-refractivity contribution is 5.92. The number of carbonyl (C=O) groups is 1. The summed E-state index contributed by atoms with van der Waals surface area (Å²) in [5.41, 5.74) is 1.29. The Morgan fingerprint density at radius 2 is 1.82 bits per heavy atom. The molecule has 2 rings (SSSR count). The zero-order valence-corrected chi connectivity index (χ0v) is 11.9. The molecule has 2 aromatic rings. The molecule has 1 amide bonds. The number of carbonyl (C=O) groups excluding carboxylic acids is 1. The molecule has 1 heterocycles. The molecule has 0 spiro atoms. The first-order chi connectivity index (χ1) is 10.3. The molecule has 3 N–H and O–H groups in total. The average molecular weight is 308 g/mol. The zero-order chi connectivity index (χ0) is 16.3. The summed E-state index contributed by atoms with van der Waals surface area (Å²) in [7, 11) is 0. The van der Waals surface area contributed by atoms with Gasteiger partial charge in [-0.25, -0.2) is 24.2 Å². The van der Waals surface area contributed by atoms with Crippen molar-refractivity contribution in [3.05, 3.63) is 53.4 Å². The van der Waals surface area contributed by atoms with E-state index in [2.05, 4.69) is 15.3 Å². The second-order valence-electron chi connectivity index (χ2n) is 5.12. The largest absolute Gasteiger partial charge is 0.345 e. The summed E-state index contributed by atoms with van der Waals surface area (Å²) in [5, 5.41) is 11.5. The highest BCUT2D eigenvalue weighted by atomic mass is 19.2. The fourth-order valence-corrected chi connectivity index (χ4v) is 1.81. The van der Waals surface area contributed by atoms with Gasteiger partial charge in [-0.15, -0.1) is 0 Å². The lowest BCUT2D eigenvalue weighted by atomic mass is 9.94. The lowest BCUT2D eigenvalue weighted by Gasteiger charge is -2.27. The summed E-state index contributed by atoms with van der Waals surface area (Å²) in [5.74, 6) is -2.39. The fourth-order valence-electron chi connectivity index (χ4n) is 1.81. The van der Waals surface area contributed by atoms with Crippen molar-refractivity contribution in [1.29, 1.82) is 0 Å². The Bertz CT molecular complexity index is 690. The molecule has 0 unspecified atom stereocenters. The summed E-state index contributed by atoms with van der Waals surface area (Å²) in [4.78, 5) is 19.0. The molecule has 116 valence electrons. The quantitative estimate of drug-likeness (QED) is 0.595. The highest BCUT2D eigenvalue weighted by Gasteiger charge is 2.23. The Morgan fingerprint density at radius 3 is 2.36 bits per heavy atom. The van der Waals surface area contributed by atoms with Gasteiger partial charge in [-0.3, -0.25) is 10.0 Å². The number of anilines is 1. The van der Waals surface area contributed by atoms with Crippen molar-refractivity contribution >= 4 is 11.9 Å². The van der Waals surface area contributed by atoms with Crippen LogP contribution in [0, 0.1) is 11.6 Å². The Labute approximate surface area is 125 Å². The predicted octanol–water partition coefficient (Wildman–Crippen LogP) is 2.22. The maximum atomic E-state index is 13.3. The molecule has 0 aliphatic heterocycles. The van der Waals surface area contributed by atoms with Crippen LogP contribution in [0.1, 0.15) is 29.8 Å². The number of amides is 1. The minimum Gasteiger partial charge on any atom is -0.345 e. The molecule has 0 saturated heterocycles. The van der Waals surface area contributed by atoms with Crippen LogP contribution in [0.15, 0.2) is 30.6 Å². The van der Waals surface area contributed by atoms with Crippen LogP contribution in [-0.4, -0.2) is 21.1 Å². The number of benzene rings is 1. The van der Waals surface area contributed by atoms with Gasteiger partial charge in [-0.05, 0) is 31.5 Å². The smallest absolute Gasteiger partial charge is 0.277 e. The Kier molecular flexibility index (Phi) is 4.32. The van der Waals surface area contributed by atoms with Gasteiger partial charge in [-0.2, -0.15) is 0 Å². The lowest BCUT2D eigenvalue weighted by molar-refractivity contribution is 0.0705. The number of hydroxylamine groups is 1. The van der Waals surface area contributed by atoms with Crippen LogP contribution < -0.4 is 10.8 Å². The van der Waals surface area contributed by atoms with Crippen molar-refractivity contribution in [1.82, 2.24) is 15.4 Å². The van der Waals surface area contributed by atoms with Gasteiger partial charge in [0.25, 0.3) is 5.91 Å². The summed E-state index contributed by atoms with van der Waals surface area (Å²) in [6.45, 7) is 3.49. The number of nitrogens with zero attached hydrogens (tertiary/aromatic N) is 2. The van der Waals surface area contributed by atoms with Gasteiger partial charge in [0.15, 0.2) is 11.6 Å². The Balaban J connectivity index is 2.20. The lowest BCUT2D eigenvalue weighted by Crippen LogP contribution is -2.29. The molecular weight excluding hydrogens is 294 g/mol. The third kappa shape index (κ3) is 3.34. The summed E-state index contributed by atoms with van der Waals surface area (Å²) in [6, 6.07) is 3.60. The number of aromatic nitrogens is 2. The van der Waals surface area contributed by atoms with Crippen LogP contribution in [0.2, 0.25) is 0 Å². The van der Waals surface area contributed by atoms with Crippen molar-refractivity contribution in [2.45, 2.75) is 19.4 Å². The second kappa shape index (κ2) is 6.02. The molecular formula is C14H14F2N4O2. The molecule has 1 aromatic heterocycles. The number of halogens is 2. The molecule has 0 atom stereocenters. The molecule has 0 fully saturated rings. The number of hydrogen-bond acceptors (Lipinski definition) is 5. The molecule has 0 aliphatic rings. The number of nitrogens with one attached hydrogen (secondary N) is 2. The minimum atomic E-state index is -0.941. The number of rotatable bonds is 4. The molecule has 0 aliphatic carbocycles. The monoisotopic (exact) mass is 308 g/mol. The van der Waals surface area contributed by atoms with Gasteiger partial charge in [0.05, 0.1) is 11.1 Å². The highest BCUT2D eigenvalue weighted by Crippen LogP contribution is 2.25. The van der Waals surface area contributed by atoms with E-state index >= 15 is 0 Å². The van der Waals surface area contributed by atoms with Crippen molar-refractivity contribution in [2.75, 3.05) is 5.32 Å². The SMILES string of the molecule is CC(C)(Nc1ncc(C(=O)NO)cn1)c1ccc(F)c(F)c1. The van der Waals surface area contributed by atoms with Crippen LogP contribution in [0.5, 0.6) is 0 Å². The van der Waals surface area contributed by atoms with E-state index in [0.717, 1.165) is 12.1 Å². The normalized spacial score (nSPS) is 11.1. The van der Waals surface area contributed by atoms with E-state index in [9.17, 15) is 13.6 Å². The van der Waals surface area contributed by atoms with Gasteiger partial charge in [0, 0.05) is 12.4 Å². The van der Waals surface area contributed by atoms with E-state index in [1.54, 1.807) is 13.8 Å². The molecule has 0 saturated carbocycles. The van der Waals surface area contributed by atoms with Gasteiger partial charge in [-0.1, -0.05) is 6.07 Å². The first kappa shape index (κ1) is 15.8. The Morgan fingerprint density at radius 1 is 1.18 bits per heavy atom. The molecule has 0 radical (unpaired) electrons. The maximum absolute atomic E-state index is 13.3. The first-order valence-corrected chi connectivity index (χ1v) is 6.33. The summed E-state index contributed by atoms with van der Waals surface area (Å²) < 4.78 is 26.3. The van der Waals surface area contributed by atoms with Crippen LogP contribution in [0.25, 0.3) is 0 Å². The standard InChI is InChI=1S/C14H14F2N4O2/c1-14(2,9-3-4-10(15)11(16)5-9)19-13-17-6-8(7-18-13)12(21)20-22/h3-7,22H,1-2H3,(H,20,21)(H,17,18,19). The van der Waals surface area contributed by atoms with Crippen LogP contribution >= 0.6 is 0 Å². The fraction of sp³-hybridized carbons (Fsp3) is 0.214. The van der Waals surface area contributed by atoms with Gasteiger partial charge >= 0.3 is 0 Å². The van der Waals surface area contributed by atoms with E-state index in [1.807, 2.05) is 0 Å². The molecule has 1 aromatic carbocycles. The van der Waals surface area contributed by atoms with E-state index in [1.165, 1.54) is 23.9 Å². The van der Waals surface area contributed by atoms with Crippen LogP contribution in [-0.2, 0) is 5.54 Å². The molecule has 6 nitrogen and oxygen atoms in total. The third-order valence-electron chi connectivity index (χ3n) is 3.08. The minimum absolute atomic E-state index is 0.0821. The summed E-state index contributed by atoms with van der Waals surface area (Å²) >= 11 is 0. The van der Waals surface area contributed by atoms with Gasteiger partial charge in [0.2, 0.25) is 5.95 Å². The number of hydrogen-bond donors (Lipinski definition) is 3. The van der Waals surface area contributed by atoms with Crippen molar-refractivity contribution in [3.63, 3.8) is 0 Å². The maximum Gasteiger partial charge on any atom is 0.277 e. The van der Waals surface area contributed by atoms with Gasteiger partial charge < -0.3 is 5.32 Å². The third-order valence-corrected chi connectivity index (χ3v) is 3.08. The van der Waals surface area contributed by atoms with E-state index in [0.29, 0.717) is 5.56 Å². The first-order valence-electron chi connectivity index (χ1n) is 6.33. The summed E-state index contributed by atoms with van der Waals surface area (Å²) in [6.07, 6.45) is 2.45. The van der Waals surface area contributed by atoms with Gasteiger partial charge in [0.1, 0.15) is 0 Å². The Hall–Kier alpha value is -2.61. The van der Waals surface area contributed by atoms with Crippen LogP contribution in [0.3, 0.4) is 0 Å². The average Bonchev–Trinajstić information content (AvgIpc) is 2.49. The topological polar surface area (TPSA) is 87.1 Å².